The molecule has 3 fully saturated rings. The van der Waals surface area contributed by atoms with Crippen molar-refractivity contribution in [2.45, 2.75) is 56.7 Å². The van der Waals surface area contributed by atoms with Crippen LogP contribution in [-0.4, -0.2) is 49.2 Å². The lowest BCUT2D eigenvalue weighted by Crippen LogP contribution is -2.36. The third kappa shape index (κ3) is 2.60. The Hall–Kier alpha value is -0.650. The first kappa shape index (κ1) is 14.0. The molecular weight excluding hydrogens is 280 g/mol. The molecule has 2 aliphatic heterocycles. The molecule has 1 aromatic heterocycles. The Morgan fingerprint density at radius 2 is 2.00 bits per heavy atom. The van der Waals surface area contributed by atoms with Gasteiger partial charge >= 0.3 is 0 Å². The predicted molar refractivity (Wildman–Crippen MR) is 88.3 cm³/mol. The first-order valence-corrected chi connectivity index (χ1v) is 9.19. The minimum absolute atomic E-state index is 0.735. The maximum absolute atomic E-state index is 5.05. The maximum Gasteiger partial charge on any atom is 0.185 e. The van der Waals surface area contributed by atoms with Crippen LogP contribution in [0.3, 0.4) is 0 Å². The van der Waals surface area contributed by atoms with E-state index in [-0.39, 0.29) is 0 Å². The van der Waals surface area contributed by atoms with Gasteiger partial charge in [0.1, 0.15) is 0 Å². The minimum atomic E-state index is 0.735. The van der Waals surface area contributed by atoms with Gasteiger partial charge in [-0.05, 0) is 46.2 Å². The zero-order chi connectivity index (χ0) is 14.4. The molecule has 1 aliphatic carbocycles. The summed E-state index contributed by atoms with van der Waals surface area (Å²) in [5.74, 6) is 0.754. The van der Waals surface area contributed by atoms with Crippen molar-refractivity contribution in [1.82, 2.24) is 15.2 Å². The van der Waals surface area contributed by atoms with Crippen molar-refractivity contribution in [3.8, 4) is 0 Å². The molecule has 1 saturated carbocycles. The Labute approximate surface area is 131 Å². The smallest absolute Gasteiger partial charge is 0.185 e. The van der Waals surface area contributed by atoms with Gasteiger partial charge in [0.25, 0.3) is 0 Å². The Balaban J connectivity index is 1.56. The molecule has 4 rings (SSSR count). The summed E-state index contributed by atoms with van der Waals surface area (Å²) in [7, 11) is 4.35. The molecule has 0 radical (unpaired) electrons. The average molecular weight is 306 g/mol. The zero-order valence-electron chi connectivity index (χ0n) is 13.1. The number of nitrogens with zero attached hydrogens (tertiary/aromatic N) is 3. The van der Waals surface area contributed by atoms with Gasteiger partial charge in [-0.25, -0.2) is 4.98 Å². The highest BCUT2D eigenvalue weighted by Gasteiger charge is 2.36. The van der Waals surface area contributed by atoms with Gasteiger partial charge in [-0.15, -0.1) is 11.3 Å². The normalized spacial score (nSPS) is 29.9. The van der Waals surface area contributed by atoms with Gasteiger partial charge in [-0.3, -0.25) is 4.90 Å². The number of thiazole rings is 1. The van der Waals surface area contributed by atoms with Gasteiger partial charge in [-0.2, -0.15) is 0 Å². The molecule has 2 atom stereocenters. The Morgan fingerprint density at radius 1 is 1.19 bits per heavy atom. The molecule has 0 aromatic carbocycles. The average Bonchev–Trinajstić information content (AvgIpc) is 3.15. The quantitative estimate of drug-likeness (QED) is 0.926. The van der Waals surface area contributed by atoms with E-state index in [1.807, 2.05) is 18.4 Å². The zero-order valence-corrected chi connectivity index (χ0v) is 14.0. The van der Waals surface area contributed by atoms with Gasteiger partial charge in [0.05, 0.1) is 5.69 Å². The molecule has 1 aromatic rings. The van der Waals surface area contributed by atoms with Crippen LogP contribution >= 0.6 is 11.3 Å². The van der Waals surface area contributed by atoms with Crippen LogP contribution in [0.4, 0.5) is 5.13 Å². The van der Waals surface area contributed by atoms with Crippen LogP contribution in [0.1, 0.15) is 48.6 Å². The molecular formula is C16H26N4S. The van der Waals surface area contributed by atoms with E-state index in [0.29, 0.717) is 0 Å². The van der Waals surface area contributed by atoms with Gasteiger partial charge in [-0.1, -0.05) is 0 Å². The van der Waals surface area contributed by atoms with Crippen molar-refractivity contribution < 1.29 is 0 Å². The summed E-state index contributed by atoms with van der Waals surface area (Å²) in [4.78, 5) is 11.7. The number of anilines is 1. The van der Waals surface area contributed by atoms with E-state index in [9.17, 15) is 0 Å². The summed E-state index contributed by atoms with van der Waals surface area (Å²) >= 11 is 1.93. The number of rotatable bonds is 4. The van der Waals surface area contributed by atoms with E-state index in [1.165, 1.54) is 60.9 Å². The SMILES string of the molecule is CNCc1sc(N2CCC3CCC(C2)N3C)nc1C1CC1. The lowest BCUT2D eigenvalue weighted by Gasteiger charge is -2.25. The van der Waals surface area contributed by atoms with Crippen LogP contribution in [-0.2, 0) is 6.54 Å². The van der Waals surface area contributed by atoms with Crippen molar-refractivity contribution in [2.24, 2.45) is 0 Å². The van der Waals surface area contributed by atoms with E-state index in [0.717, 1.165) is 24.5 Å². The second-order valence-electron chi connectivity index (χ2n) is 6.89. The number of nitrogens with one attached hydrogen (secondary N) is 1. The summed E-state index contributed by atoms with van der Waals surface area (Å²) in [5, 5.41) is 4.59. The van der Waals surface area contributed by atoms with Crippen LogP contribution in [0.15, 0.2) is 0 Å². The number of fused-ring (bicyclic) bond motifs is 2. The standard InChI is InChI=1S/C16H26N4S/c1-17-9-14-15(11-3-4-11)18-16(21-14)20-8-7-12-5-6-13(10-20)19(12)2/h11-13,17H,3-10H2,1-2H3. The number of likely N-dealkylation sites (N-methyl/N-ethyl adjacent to an activating group) is 1. The van der Waals surface area contributed by atoms with Gasteiger partial charge in [0.15, 0.2) is 5.13 Å². The fraction of sp³-hybridized carbons (Fsp3) is 0.812. The van der Waals surface area contributed by atoms with E-state index in [1.54, 1.807) is 0 Å². The highest BCUT2D eigenvalue weighted by Crippen LogP contribution is 2.44. The Bertz CT molecular complexity index is 510. The number of aromatic nitrogens is 1. The summed E-state index contributed by atoms with van der Waals surface area (Å²) in [5.41, 5.74) is 1.40. The third-order valence-corrected chi connectivity index (χ3v) is 6.57. The second-order valence-corrected chi connectivity index (χ2v) is 7.96. The molecule has 1 N–H and O–H groups in total. The first-order valence-electron chi connectivity index (χ1n) is 8.37. The Kier molecular flexibility index (Phi) is 3.67. The van der Waals surface area contributed by atoms with E-state index >= 15 is 0 Å². The monoisotopic (exact) mass is 306 g/mol. The van der Waals surface area contributed by atoms with Crippen molar-refractivity contribution in [1.29, 1.82) is 0 Å². The highest BCUT2D eigenvalue weighted by atomic mass is 32.1. The van der Waals surface area contributed by atoms with E-state index in [4.69, 9.17) is 4.98 Å². The molecule has 2 bridgehead atoms. The third-order valence-electron chi connectivity index (χ3n) is 5.44. The molecule has 4 nitrogen and oxygen atoms in total. The molecule has 2 unspecified atom stereocenters. The van der Waals surface area contributed by atoms with Crippen molar-refractivity contribution >= 4 is 16.5 Å². The fourth-order valence-corrected chi connectivity index (χ4v) is 5.12. The molecule has 5 heteroatoms. The highest BCUT2D eigenvalue weighted by molar-refractivity contribution is 7.15. The maximum atomic E-state index is 5.05. The molecule has 21 heavy (non-hydrogen) atoms. The summed E-state index contributed by atoms with van der Waals surface area (Å²) in [6, 6.07) is 1.54. The summed E-state index contributed by atoms with van der Waals surface area (Å²) in [6.45, 7) is 3.33. The second kappa shape index (κ2) is 5.52. The minimum Gasteiger partial charge on any atom is -0.346 e. The topological polar surface area (TPSA) is 31.4 Å². The molecule has 2 saturated heterocycles. The van der Waals surface area contributed by atoms with Crippen molar-refractivity contribution in [3.05, 3.63) is 10.6 Å². The molecule has 3 aliphatic rings. The van der Waals surface area contributed by atoms with Gasteiger partial charge in [0, 0.05) is 42.5 Å². The predicted octanol–water partition coefficient (Wildman–Crippen LogP) is 2.41. The Morgan fingerprint density at radius 3 is 2.76 bits per heavy atom. The van der Waals surface area contributed by atoms with Crippen LogP contribution in [0.25, 0.3) is 0 Å². The number of hydrogen-bond acceptors (Lipinski definition) is 5. The van der Waals surface area contributed by atoms with Crippen molar-refractivity contribution in [3.63, 3.8) is 0 Å². The fourth-order valence-electron chi connectivity index (χ4n) is 3.93. The lowest BCUT2D eigenvalue weighted by molar-refractivity contribution is 0.254. The van der Waals surface area contributed by atoms with Crippen LogP contribution in [0, 0.1) is 0 Å². The van der Waals surface area contributed by atoms with E-state index < -0.39 is 0 Å². The molecule has 0 amide bonds. The first-order chi connectivity index (χ1) is 10.3. The van der Waals surface area contributed by atoms with Crippen molar-refractivity contribution in [2.75, 3.05) is 32.1 Å². The summed E-state index contributed by atoms with van der Waals surface area (Å²) in [6.07, 6.45) is 6.74. The van der Waals surface area contributed by atoms with Crippen LogP contribution in [0.2, 0.25) is 0 Å². The lowest BCUT2D eigenvalue weighted by atomic mass is 10.1. The van der Waals surface area contributed by atoms with E-state index in [2.05, 4.69) is 22.2 Å². The largest absolute Gasteiger partial charge is 0.346 e. The summed E-state index contributed by atoms with van der Waals surface area (Å²) < 4.78 is 0. The molecule has 116 valence electrons. The van der Waals surface area contributed by atoms with Gasteiger partial charge < -0.3 is 10.2 Å². The molecule has 0 spiro atoms. The molecule has 3 heterocycles. The van der Waals surface area contributed by atoms with Crippen LogP contribution < -0.4 is 10.2 Å². The van der Waals surface area contributed by atoms with Gasteiger partial charge in [0.2, 0.25) is 0 Å². The number of hydrogen-bond donors (Lipinski definition) is 1. The van der Waals surface area contributed by atoms with Crippen LogP contribution in [0.5, 0.6) is 0 Å².